The van der Waals surface area contributed by atoms with Crippen LogP contribution in [0.3, 0.4) is 0 Å². The zero-order chi connectivity index (χ0) is 46.1. The van der Waals surface area contributed by atoms with Crippen LogP contribution in [-0.4, -0.2) is 140 Å². The average molecular weight is 900 g/mol. The molecule has 12 unspecified atom stereocenters. The summed E-state index contributed by atoms with van der Waals surface area (Å²) in [5.74, 6) is -0.273. The smallest absolute Gasteiger partial charge is 0.220 e. The molecule has 1 amide bonds. The van der Waals surface area contributed by atoms with Crippen LogP contribution in [0.4, 0.5) is 0 Å². The summed E-state index contributed by atoms with van der Waals surface area (Å²) in [4.78, 5) is 12.9. The van der Waals surface area contributed by atoms with Gasteiger partial charge in [0.1, 0.15) is 48.8 Å². The molecule has 2 rings (SSSR count). The van der Waals surface area contributed by atoms with Crippen molar-refractivity contribution in [2.75, 3.05) is 19.8 Å². The highest BCUT2D eigenvalue weighted by Crippen LogP contribution is 2.30. The Hall–Kier alpha value is -1.79. The van der Waals surface area contributed by atoms with Gasteiger partial charge in [0.2, 0.25) is 5.91 Å². The van der Waals surface area contributed by atoms with Crippen molar-refractivity contribution in [1.82, 2.24) is 5.32 Å². The standard InChI is InChI=1S/C49H89NO13/c1-3-5-7-9-10-11-12-13-14-15-16-17-18-19-20-21-22-23-24-25-26-27-28-29-30-32-38(53)37(50-41(54)33-31-8-6-4-2)36-60-48-46(59)44(57)47(40(35-52)62-48)63-49-45(58)43(56)42(55)39(34-51)61-49/h22-23,26-27,30,32,37-40,42-49,51-53,55-59H,3-21,24-25,28-29,31,33-36H2,1-2H3,(H,50,54)/b23-22+,27-26+,32-30+. The predicted octanol–water partition coefficient (Wildman–Crippen LogP) is 5.93. The van der Waals surface area contributed by atoms with Crippen LogP contribution >= 0.6 is 0 Å². The third-order valence-electron chi connectivity index (χ3n) is 12.1. The molecule has 0 radical (unpaired) electrons. The highest BCUT2D eigenvalue weighted by molar-refractivity contribution is 5.76. The molecule has 14 heteroatoms. The molecule has 0 saturated carbocycles. The van der Waals surface area contributed by atoms with Crippen molar-refractivity contribution in [3.63, 3.8) is 0 Å². The number of aliphatic hydroxyl groups excluding tert-OH is 8. The monoisotopic (exact) mass is 900 g/mol. The minimum absolute atomic E-state index is 0.261. The minimum atomic E-state index is -1.79. The van der Waals surface area contributed by atoms with Crippen molar-refractivity contribution < 1.29 is 64.6 Å². The van der Waals surface area contributed by atoms with Gasteiger partial charge in [-0.1, -0.05) is 159 Å². The topological polar surface area (TPSA) is 228 Å². The van der Waals surface area contributed by atoms with Crippen LogP contribution in [0.15, 0.2) is 36.5 Å². The highest BCUT2D eigenvalue weighted by Gasteiger charge is 2.51. The van der Waals surface area contributed by atoms with Crippen LogP contribution in [0.2, 0.25) is 0 Å². The Morgan fingerprint density at radius 1 is 0.556 bits per heavy atom. The van der Waals surface area contributed by atoms with Gasteiger partial charge >= 0.3 is 0 Å². The zero-order valence-electron chi connectivity index (χ0n) is 38.8. The number of hydrogen-bond acceptors (Lipinski definition) is 13. The molecule has 63 heavy (non-hydrogen) atoms. The summed E-state index contributed by atoms with van der Waals surface area (Å²) in [6.07, 6.45) is 24.3. The van der Waals surface area contributed by atoms with E-state index in [4.69, 9.17) is 18.9 Å². The lowest BCUT2D eigenvalue weighted by Crippen LogP contribution is -2.65. The first-order valence-corrected chi connectivity index (χ1v) is 24.7. The Morgan fingerprint density at radius 3 is 1.56 bits per heavy atom. The van der Waals surface area contributed by atoms with Gasteiger partial charge in [-0.25, -0.2) is 0 Å². The minimum Gasteiger partial charge on any atom is -0.394 e. The summed E-state index contributed by atoms with van der Waals surface area (Å²) in [6.45, 7) is 2.61. The van der Waals surface area contributed by atoms with E-state index in [1.54, 1.807) is 6.08 Å². The molecule has 0 spiro atoms. The number of rotatable bonds is 37. The van der Waals surface area contributed by atoms with Crippen LogP contribution in [0, 0.1) is 0 Å². The number of carbonyl (C=O) groups is 1. The van der Waals surface area contributed by atoms with Crippen molar-refractivity contribution in [2.24, 2.45) is 0 Å². The van der Waals surface area contributed by atoms with Crippen molar-refractivity contribution in [2.45, 2.75) is 248 Å². The number of nitrogens with one attached hydrogen (secondary N) is 1. The largest absolute Gasteiger partial charge is 0.394 e. The van der Waals surface area contributed by atoms with E-state index >= 15 is 0 Å². The summed E-state index contributed by atoms with van der Waals surface area (Å²) in [6, 6.07) is -0.930. The van der Waals surface area contributed by atoms with Gasteiger partial charge in [0.05, 0.1) is 32.0 Å². The number of unbranched alkanes of at least 4 members (excludes halogenated alkanes) is 20. The summed E-state index contributed by atoms with van der Waals surface area (Å²) in [7, 11) is 0. The molecule has 0 bridgehead atoms. The predicted molar refractivity (Wildman–Crippen MR) is 244 cm³/mol. The van der Waals surface area contributed by atoms with E-state index < -0.39 is 86.8 Å². The lowest BCUT2D eigenvalue weighted by atomic mass is 9.97. The molecule has 14 nitrogen and oxygen atoms in total. The second kappa shape index (κ2) is 36.3. The van der Waals surface area contributed by atoms with Crippen molar-refractivity contribution in [1.29, 1.82) is 0 Å². The van der Waals surface area contributed by atoms with Crippen LogP contribution in [0.5, 0.6) is 0 Å². The first kappa shape index (κ1) is 57.3. The van der Waals surface area contributed by atoms with Gasteiger partial charge < -0.3 is 65.1 Å². The summed E-state index contributed by atoms with van der Waals surface area (Å²) in [5.41, 5.74) is 0. The van der Waals surface area contributed by atoms with Gasteiger partial charge in [0.25, 0.3) is 0 Å². The third kappa shape index (κ3) is 24.0. The Balaban J connectivity index is 1.72. The van der Waals surface area contributed by atoms with Gasteiger partial charge in [-0.05, 0) is 44.9 Å². The number of ether oxygens (including phenoxy) is 4. The molecule has 368 valence electrons. The molecule has 9 N–H and O–H groups in total. The second-order valence-corrected chi connectivity index (χ2v) is 17.6. The number of carbonyl (C=O) groups excluding carboxylic acids is 1. The fourth-order valence-corrected chi connectivity index (χ4v) is 7.97. The number of amides is 1. The van der Waals surface area contributed by atoms with E-state index in [-0.39, 0.29) is 18.9 Å². The van der Waals surface area contributed by atoms with Crippen molar-refractivity contribution in [3.05, 3.63) is 36.5 Å². The summed E-state index contributed by atoms with van der Waals surface area (Å²) < 4.78 is 22.5. The zero-order valence-corrected chi connectivity index (χ0v) is 38.8. The molecule has 0 aromatic carbocycles. The van der Waals surface area contributed by atoms with Gasteiger partial charge in [0, 0.05) is 6.42 Å². The summed E-state index contributed by atoms with van der Waals surface area (Å²) >= 11 is 0. The normalized spacial score (nSPS) is 27.8. The Bertz CT molecular complexity index is 1200. The first-order valence-electron chi connectivity index (χ1n) is 24.7. The van der Waals surface area contributed by atoms with Gasteiger partial charge in [0.15, 0.2) is 12.6 Å². The van der Waals surface area contributed by atoms with E-state index in [1.807, 2.05) is 6.08 Å². The van der Waals surface area contributed by atoms with Crippen LogP contribution in [0.25, 0.3) is 0 Å². The molecule has 2 heterocycles. The maximum atomic E-state index is 12.9. The number of hydrogen-bond donors (Lipinski definition) is 9. The SMILES string of the molecule is CCCCCCCCCCCCCCCCC/C=C/CC/C=C/CC/C=C/C(O)C(COC1OC(CO)C(OC2OC(CO)C(O)C(O)C2O)C(O)C1O)NC(=O)CCCCCC. The number of allylic oxidation sites excluding steroid dienone is 5. The Morgan fingerprint density at radius 2 is 1.02 bits per heavy atom. The van der Waals surface area contributed by atoms with Gasteiger partial charge in [-0.15, -0.1) is 0 Å². The van der Waals surface area contributed by atoms with E-state index in [1.165, 1.54) is 96.3 Å². The van der Waals surface area contributed by atoms with E-state index in [0.717, 1.165) is 44.9 Å². The first-order chi connectivity index (χ1) is 30.6. The molecule has 0 aromatic rings. The molecule has 12 atom stereocenters. The number of aliphatic hydroxyl groups is 8. The van der Waals surface area contributed by atoms with Gasteiger partial charge in [-0.3, -0.25) is 4.79 Å². The molecule has 2 saturated heterocycles. The summed E-state index contributed by atoms with van der Waals surface area (Å²) in [5, 5.41) is 86.1. The second-order valence-electron chi connectivity index (χ2n) is 17.6. The van der Waals surface area contributed by atoms with Gasteiger partial charge in [-0.2, -0.15) is 0 Å². The Kier molecular flexibility index (Phi) is 33.1. The van der Waals surface area contributed by atoms with E-state index in [2.05, 4.69) is 43.5 Å². The maximum absolute atomic E-state index is 12.9. The quantitative estimate of drug-likeness (QED) is 0.0261. The molecule has 2 aliphatic rings. The van der Waals surface area contributed by atoms with Crippen molar-refractivity contribution in [3.8, 4) is 0 Å². The Labute approximate surface area is 379 Å². The lowest BCUT2D eigenvalue weighted by Gasteiger charge is -2.46. The molecule has 2 aliphatic heterocycles. The van der Waals surface area contributed by atoms with E-state index in [9.17, 15) is 45.6 Å². The third-order valence-corrected chi connectivity index (χ3v) is 12.1. The van der Waals surface area contributed by atoms with Crippen LogP contribution in [-0.2, 0) is 23.7 Å². The van der Waals surface area contributed by atoms with Crippen molar-refractivity contribution >= 4 is 5.91 Å². The molecule has 0 aromatic heterocycles. The molecule has 2 fully saturated rings. The van der Waals surface area contributed by atoms with E-state index in [0.29, 0.717) is 12.8 Å². The van der Waals surface area contributed by atoms with Crippen LogP contribution in [0.1, 0.15) is 174 Å². The molecular weight excluding hydrogens is 811 g/mol. The fraction of sp³-hybridized carbons (Fsp3) is 0.857. The average Bonchev–Trinajstić information content (AvgIpc) is 3.28. The van der Waals surface area contributed by atoms with Crippen LogP contribution < -0.4 is 5.32 Å². The molecular formula is C49H89NO13. The fourth-order valence-electron chi connectivity index (χ4n) is 7.97. The maximum Gasteiger partial charge on any atom is 0.220 e. The highest BCUT2D eigenvalue weighted by atomic mass is 16.7. The lowest BCUT2D eigenvalue weighted by molar-refractivity contribution is -0.359. The molecule has 0 aliphatic carbocycles.